The lowest BCUT2D eigenvalue weighted by Gasteiger charge is -1.92. The first kappa shape index (κ1) is 8.31. The van der Waals surface area contributed by atoms with Crippen LogP contribution in [-0.4, -0.2) is 12.4 Å². The molecule has 1 aromatic heterocycles. The van der Waals surface area contributed by atoms with Crippen LogP contribution in [-0.2, 0) is 10.9 Å². The van der Waals surface area contributed by atoms with Gasteiger partial charge in [-0.1, -0.05) is 18.2 Å². The summed E-state index contributed by atoms with van der Waals surface area (Å²) in [6.45, 7) is 3.76. The summed E-state index contributed by atoms with van der Waals surface area (Å²) in [4.78, 5) is 0. The van der Waals surface area contributed by atoms with Gasteiger partial charge >= 0.3 is 0 Å². The Morgan fingerprint density at radius 1 is 1.23 bits per heavy atom. The Labute approximate surface area is 77.7 Å². The van der Waals surface area contributed by atoms with E-state index in [9.17, 15) is 8.42 Å². The van der Waals surface area contributed by atoms with Crippen LogP contribution >= 0.6 is 0 Å². The molecule has 3 nitrogen and oxygen atoms in total. The Balaban J connectivity index is 2.93. The van der Waals surface area contributed by atoms with Crippen molar-refractivity contribution in [2.75, 3.05) is 0 Å². The topological polar surface area (TPSA) is 39.1 Å². The van der Waals surface area contributed by atoms with Crippen LogP contribution in [0.4, 0.5) is 0 Å². The molecule has 67 valence electrons. The Hall–Kier alpha value is -1.29. The third-order valence-electron chi connectivity index (χ3n) is 1.95. The van der Waals surface area contributed by atoms with E-state index in [2.05, 4.69) is 6.92 Å². The van der Waals surface area contributed by atoms with Gasteiger partial charge in [0, 0.05) is 11.6 Å². The minimum atomic E-state index is -2.60. The van der Waals surface area contributed by atoms with Gasteiger partial charge in [-0.25, -0.2) is 12.4 Å². The van der Waals surface area contributed by atoms with Gasteiger partial charge < -0.3 is 0 Å². The fraction of sp³-hybridized carbons (Fsp3) is 0. The molecule has 0 aliphatic rings. The Morgan fingerprint density at radius 2 is 1.92 bits per heavy atom. The number of nitrogens with zero attached hydrogens (tertiary/aromatic N) is 1. The highest BCUT2D eigenvalue weighted by molar-refractivity contribution is 7.71. The van der Waals surface area contributed by atoms with E-state index < -0.39 is 10.9 Å². The SMILES string of the molecule is [CH2]c1cn([SH](=O)=O)c2ccccc12. The van der Waals surface area contributed by atoms with E-state index in [0.717, 1.165) is 10.9 Å². The molecular weight excluding hydrogens is 186 g/mol. The number of aromatic nitrogens is 1. The Bertz CT molecular complexity index is 517. The molecule has 2 rings (SSSR count). The number of hydrogen-bond donors (Lipinski definition) is 1. The predicted octanol–water partition coefficient (Wildman–Crippen LogP) is 1.20. The quantitative estimate of drug-likeness (QED) is 0.693. The maximum Gasteiger partial charge on any atom is 0.228 e. The molecule has 0 aliphatic carbocycles. The largest absolute Gasteiger partial charge is 0.247 e. The number of thiol groups is 1. The van der Waals surface area contributed by atoms with Crippen LogP contribution in [0.5, 0.6) is 0 Å². The second-order valence-electron chi connectivity index (χ2n) is 2.75. The van der Waals surface area contributed by atoms with Crippen LogP contribution in [0.1, 0.15) is 5.56 Å². The van der Waals surface area contributed by atoms with Crippen LogP contribution in [0.15, 0.2) is 30.5 Å². The van der Waals surface area contributed by atoms with Crippen molar-refractivity contribution in [3.63, 3.8) is 0 Å². The van der Waals surface area contributed by atoms with E-state index in [-0.39, 0.29) is 0 Å². The maximum absolute atomic E-state index is 10.8. The van der Waals surface area contributed by atoms with Crippen molar-refractivity contribution in [1.29, 1.82) is 0 Å². The van der Waals surface area contributed by atoms with Crippen molar-refractivity contribution >= 4 is 21.8 Å². The predicted molar refractivity (Wildman–Crippen MR) is 52.1 cm³/mol. The lowest BCUT2D eigenvalue weighted by atomic mass is 10.2. The first-order chi connectivity index (χ1) is 6.20. The standard InChI is InChI=1S/C9H8NO2S/c1-7-6-10(13(11)12)9-5-3-2-4-8(7)9/h2-6,13H,1H2. The van der Waals surface area contributed by atoms with E-state index >= 15 is 0 Å². The van der Waals surface area contributed by atoms with E-state index in [1.54, 1.807) is 12.1 Å². The number of para-hydroxylation sites is 1. The molecule has 0 aliphatic heterocycles. The van der Waals surface area contributed by atoms with Crippen molar-refractivity contribution < 1.29 is 8.42 Å². The summed E-state index contributed by atoms with van der Waals surface area (Å²) in [5.74, 6) is 0. The number of hydrogen-bond acceptors (Lipinski definition) is 2. The van der Waals surface area contributed by atoms with E-state index in [1.807, 2.05) is 12.1 Å². The number of benzene rings is 1. The van der Waals surface area contributed by atoms with Crippen molar-refractivity contribution in [3.8, 4) is 0 Å². The molecule has 0 unspecified atom stereocenters. The maximum atomic E-state index is 10.8. The zero-order valence-corrected chi connectivity index (χ0v) is 7.70. The summed E-state index contributed by atoms with van der Waals surface area (Å²) < 4.78 is 22.8. The van der Waals surface area contributed by atoms with Gasteiger partial charge in [-0.15, -0.1) is 0 Å². The third-order valence-corrected chi connectivity index (χ3v) is 2.63. The molecule has 0 N–H and O–H groups in total. The molecule has 4 heteroatoms. The molecule has 13 heavy (non-hydrogen) atoms. The second-order valence-corrected chi connectivity index (χ2v) is 3.66. The van der Waals surface area contributed by atoms with Crippen molar-refractivity contribution in [3.05, 3.63) is 42.9 Å². The minimum Gasteiger partial charge on any atom is -0.247 e. The zero-order chi connectivity index (χ0) is 9.42. The van der Waals surface area contributed by atoms with Crippen molar-refractivity contribution in [1.82, 2.24) is 3.97 Å². The van der Waals surface area contributed by atoms with Crippen LogP contribution in [0.25, 0.3) is 10.9 Å². The lowest BCUT2D eigenvalue weighted by molar-refractivity contribution is 0.608. The van der Waals surface area contributed by atoms with Crippen molar-refractivity contribution in [2.45, 2.75) is 0 Å². The van der Waals surface area contributed by atoms with Gasteiger partial charge in [-0.3, -0.25) is 0 Å². The Kier molecular flexibility index (Phi) is 1.84. The van der Waals surface area contributed by atoms with E-state index in [0.29, 0.717) is 5.52 Å². The van der Waals surface area contributed by atoms with Gasteiger partial charge in [-0.05, 0) is 18.6 Å². The molecular formula is C9H8NO2S. The molecule has 0 saturated carbocycles. The van der Waals surface area contributed by atoms with Crippen LogP contribution < -0.4 is 0 Å². The fourth-order valence-corrected chi connectivity index (χ4v) is 1.95. The van der Waals surface area contributed by atoms with Gasteiger partial charge in [0.1, 0.15) is 0 Å². The summed E-state index contributed by atoms with van der Waals surface area (Å²) in [7, 11) is -2.60. The van der Waals surface area contributed by atoms with Gasteiger partial charge in [0.05, 0.1) is 5.52 Å². The average molecular weight is 194 g/mol. The summed E-state index contributed by atoms with van der Waals surface area (Å²) in [5, 5.41) is 0.877. The smallest absolute Gasteiger partial charge is 0.228 e. The Morgan fingerprint density at radius 3 is 2.62 bits per heavy atom. The minimum absolute atomic E-state index is 0.684. The summed E-state index contributed by atoms with van der Waals surface area (Å²) >= 11 is 0. The monoisotopic (exact) mass is 194 g/mol. The summed E-state index contributed by atoms with van der Waals surface area (Å²) in [6.07, 6.45) is 1.52. The fourth-order valence-electron chi connectivity index (χ4n) is 1.37. The molecule has 0 amide bonds. The summed E-state index contributed by atoms with van der Waals surface area (Å²) in [6, 6.07) is 7.28. The lowest BCUT2D eigenvalue weighted by Crippen LogP contribution is -1.91. The highest BCUT2D eigenvalue weighted by Gasteiger charge is 2.04. The zero-order valence-electron chi connectivity index (χ0n) is 6.80. The molecule has 0 fully saturated rings. The normalized spacial score (nSPS) is 11.2. The average Bonchev–Trinajstić information content (AvgIpc) is 2.45. The first-order valence-electron chi connectivity index (χ1n) is 3.77. The van der Waals surface area contributed by atoms with Crippen LogP contribution in [0.2, 0.25) is 0 Å². The summed E-state index contributed by atoms with van der Waals surface area (Å²) in [5.41, 5.74) is 1.42. The molecule has 0 bridgehead atoms. The first-order valence-corrected chi connectivity index (χ1v) is 4.90. The molecule has 1 radical (unpaired) electrons. The van der Waals surface area contributed by atoms with Crippen LogP contribution in [0, 0.1) is 6.92 Å². The molecule has 0 saturated heterocycles. The van der Waals surface area contributed by atoms with Crippen LogP contribution in [0.3, 0.4) is 0 Å². The van der Waals surface area contributed by atoms with Gasteiger partial charge in [0.15, 0.2) is 0 Å². The molecule has 2 aromatic rings. The van der Waals surface area contributed by atoms with Crippen molar-refractivity contribution in [2.24, 2.45) is 0 Å². The highest BCUT2D eigenvalue weighted by atomic mass is 32.2. The van der Waals surface area contributed by atoms with Gasteiger partial charge in [0.25, 0.3) is 0 Å². The molecule has 1 heterocycles. The van der Waals surface area contributed by atoms with E-state index in [1.165, 1.54) is 10.2 Å². The van der Waals surface area contributed by atoms with Gasteiger partial charge in [-0.2, -0.15) is 0 Å². The van der Waals surface area contributed by atoms with Gasteiger partial charge in [0.2, 0.25) is 10.9 Å². The highest BCUT2D eigenvalue weighted by Crippen LogP contribution is 2.19. The third kappa shape index (κ3) is 1.23. The molecule has 0 atom stereocenters. The molecule has 0 spiro atoms. The molecule has 1 aromatic carbocycles. The number of rotatable bonds is 1. The van der Waals surface area contributed by atoms with E-state index in [4.69, 9.17) is 0 Å². The number of fused-ring (bicyclic) bond motifs is 1. The second kappa shape index (κ2) is 2.88.